The summed E-state index contributed by atoms with van der Waals surface area (Å²) in [5.41, 5.74) is 3.32. The van der Waals surface area contributed by atoms with Crippen LogP contribution in [0.5, 0.6) is 0 Å². The van der Waals surface area contributed by atoms with Gasteiger partial charge in [0.25, 0.3) is 5.91 Å². The van der Waals surface area contributed by atoms with E-state index >= 15 is 0 Å². The maximum atomic E-state index is 13.7. The minimum Gasteiger partial charge on any atom is -0.300 e. The number of carbonyl (C=O) groups is 1. The lowest BCUT2D eigenvalue weighted by Gasteiger charge is -2.04. The van der Waals surface area contributed by atoms with E-state index in [9.17, 15) is 9.18 Å². The Kier molecular flexibility index (Phi) is 4.30. The Balaban J connectivity index is 1.91. The molecule has 0 saturated carbocycles. The molecule has 0 aromatic heterocycles. The molecule has 5 heteroatoms. The number of nitrogens with one attached hydrogen (secondary N) is 1. The van der Waals surface area contributed by atoms with Crippen LogP contribution in [-0.2, 0) is 4.79 Å². The number of hydrogen-bond donors (Lipinski definition) is 1. The molecule has 1 aliphatic heterocycles. The molecule has 1 heterocycles. The number of aryl methyl sites for hydroxylation is 2. The van der Waals surface area contributed by atoms with Crippen molar-refractivity contribution in [2.24, 2.45) is 4.99 Å². The highest BCUT2D eigenvalue weighted by Crippen LogP contribution is 2.30. The molecule has 1 aliphatic rings. The molecule has 2 aromatic carbocycles. The molecule has 1 N–H and O–H groups in total. The summed E-state index contributed by atoms with van der Waals surface area (Å²) in [7, 11) is 0. The van der Waals surface area contributed by atoms with Gasteiger partial charge in [-0.1, -0.05) is 36.4 Å². The van der Waals surface area contributed by atoms with Crippen LogP contribution in [0.2, 0.25) is 0 Å². The van der Waals surface area contributed by atoms with Crippen LogP contribution in [0.1, 0.15) is 16.7 Å². The standard InChI is InChI=1S/C18H15FN2OS/c1-11-6-5-7-12(2)16(11)20-18-21-17(22)15(23-18)10-13-8-3-4-9-14(13)19/h3-10H,1-2H3,(H,20,21,22)/b15-10-. The van der Waals surface area contributed by atoms with Gasteiger partial charge in [-0.25, -0.2) is 9.38 Å². The van der Waals surface area contributed by atoms with Crippen LogP contribution in [0.15, 0.2) is 52.4 Å². The Bertz CT molecular complexity index is 822. The zero-order chi connectivity index (χ0) is 16.4. The molecule has 0 atom stereocenters. The fourth-order valence-electron chi connectivity index (χ4n) is 2.30. The van der Waals surface area contributed by atoms with E-state index in [1.807, 2.05) is 32.0 Å². The number of para-hydroxylation sites is 1. The van der Waals surface area contributed by atoms with E-state index in [1.165, 1.54) is 17.8 Å². The summed E-state index contributed by atoms with van der Waals surface area (Å²) in [5, 5.41) is 3.24. The molecule has 2 aromatic rings. The average molecular weight is 326 g/mol. The second kappa shape index (κ2) is 6.38. The van der Waals surface area contributed by atoms with E-state index < -0.39 is 0 Å². The normalized spacial score (nSPS) is 17.8. The molecule has 3 rings (SSSR count). The third kappa shape index (κ3) is 3.35. The first-order valence-electron chi connectivity index (χ1n) is 7.15. The number of thioether (sulfide) groups is 1. The second-order valence-corrected chi connectivity index (χ2v) is 6.27. The molecule has 23 heavy (non-hydrogen) atoms. The minimum absolute atomic E-state index is 0.261. The van der Waals surface area contributed by atoms with Crippen molar-refractivity contribution in [3.05, 3.63) is 69.9 Å². The predicted molar refractivity (Wildman–Crippen MR) is 93.1 cm³/mol. The lowest BCUT2D eigenvalue weighted by Crippen LogP contribution is -2.19. The number of nitrogens with zero attached hydrogens (tertiary/aromatic N) is 1. The number of benzene rings is 2. The highest BCUT2D eigenvalue weighted by Gasteiger charge is 2.24. The van der Waals surface area contributed by atoms with Gasteiger partial charge in [-0.2, -0.15) is 0 Å². The van der Waals surface area contributed by atoms with E-state index in [4.69, 9.17) is 0 Å². The zero-order valence-corrected chi connectivity index (χ0v) is 13.6. The first kappa shape index (κ1) is 15.5. The van der Waals surface area contributed by atoms with Gasteiger partial charge in [-0.3, -0.25) is 4.79 Å². The van der Waals surface area contributed by atoms with Crippen LogP contribution in [0.4, 0.5) is 10.1 Å². The van der Waals surface area contributed by atoms with Crippen LogP contribution < -0.4 is 5.32 Å². The number of halogens is 1. The number of amides is 1. The van der Waals surface area contributed by atoms with E-state index in [1.54, 1.807) is 24.3 Å². The lowest BCUT2D eigenvalue weighted by molar-refractivity contribution is -0.115. The monoisotopic (exact) mass is 326 g/mol. The highest BCUT2D eigenvalue weighted by atomic mass is 32.2. The summed E-state index contributed by atoms with van der Waals surface area (Å²) >= 11 is 1.22. The van der Waals surface area contributed by atoms with Crippen molar-refractivity contribution < 1.29 is 9.18 Å². The summed E-state index contributed by atoms with van der Waals surface area (Å²) in [6.45, 7) is 3.95. The number of aliphatic imine (C=N–C) groups is 1. The first-order valence-corrected chi connectivity index (χ1v) is 7.96. The van der Waals surface area contributed by atoms with E-state index in [0.717, 1.165) is 16.8 Å². The Morgan fingerprint density at radius 3 is 2.48 bits per heavy atom. The topological polar surface area (TPSA) is 41.5 Å². The van der Waals surface area contributed by atoms with Crippen molar-refractivity contribution in [1.82, 2.24) is 5.32 Å². The van der Waals surface area contributed by atoms with Gasteiger partial charge in [-0.05, 0) is 48.9 Å². The van der Waals surface area contributed by atoms with Gasteiger partial charge in [0.05, 0.1) is 10.6 Å². The van der Waals surface area contributed by atoms with Crippen molar-refractivity contribution in [2.45, 2.75) is 13.8 Å². The van der Waals surface area contributed by atoms with Gasteiger partial charge in [0.15, 0.2) is 5.17 Å². The van der Waals surface area contributed by atoms with Gasteiger partial charge in [-0.15, -0.1) is 0 Å². The maximum Gasteiger partial charge on any atom is 0.264 e. The molecule has 1 amide bonds. The van der Waals surface area contributed by atoms with E-state index in [-0.39, 0.29) is 11.7 Å². The molecule has 0 bridgehead atoms. The second-order valence-electron chi connectivity index (χ2n) is 5.24. The van der Waals surface area contributed by atoms with Crippen LogP contribution in [0, 0.1) is 19.7 Å². The van der Waals surface area contributed by atoms with Crippen LogP contribution >= 0.6 is 11.8 Å². The van der Waals surface area contributed by atoms with Crippen molar-refractivity contribution >= 4 is 34.6 Å². The molecular weight excluding hydrogens is 311 g/mol. The van der Waals surface area contributed by atoms with Crippen LogP contribution in [0.3, 0.4) is 0 Å². The quantitative estimate of drug-likeness (QED) is 0.834. The summed E-state index contributed by atoms with van der Waals surface area (Å²) < 4.78 is 13.7. The predicted octanol–water partition coefficient (Wildman–Crippen LogP) is 4.33. The summed E-state index contributed by atoms with van der Waals surface area (Å²) in [5.74, 6) is -0.614. The van der Waals surface area contributed by atoms with Gasteiger partial charge in [0.1, 0.15) is 5.82 Å². The third-order valence-electron chi connectivity index (χ3n) is 3.50. The number of carbonyl (C=O) groups excluding carboxylic acids is 1. The Hall–Kier alpha value is -2.40. The van der Waals surface area contributed by atoms with Gasteiger partial charge < -0.3 is 5.32 Å². The largest absolute Gasteiger partial charge is 0.300 e. The fraction of sp³-hybridized carbons (Fsp3) is 0.111. The SMILES string of the molecule is Cc1cccc(C)c1N=C1NC(=O)/C(=C/c2ccccc2F)S1. The van der Waals surface area contributed by atoms with Gasteiger partial charge >= 0.3 is 0 Å². The van der Waals surface area contributed by atoms with Crippen molar-refractivity contribution in [2.75, 3.05) is 0 Å². The maximum absolute atomic E-state index is 13.7. The van der Waals surface area contributed by atoms with E-state index in [0.29, 0.717) is 15.6 Å². The number of rotatable bonds is 2. The summed E-state index contributed by atoms with van der Waals surface area (Å²) in [6, 6.07) is 12.3. The molecule has 0 unspecified atom stereocenters. The van der Waals surface area contributed by atoms with Crippen LogP contribution in [0.25, 0.3) is 6.08 Å². The number of amidine groups is 1. The first-order chi connectivity index (χ1) is 11.0. The Labute approximate surface area is 138 Å². The van der Waals surface area contributed by atoms with Crippen molar-refractivity contribution in [3.63, 3.8) is 0 Å². The summed E-state index contributed by atoms with van der Waals surface area (Å²) in [6.07, 6.45) is 1.54. The Morgan fingerprint density at radius 2 is 1.78 bits per heavy atom. The molecule has 0 radical (unpaired) electrons. The number of hydrogen-bond acceptors (Lipinski definition) is 3. The molecule has 116 valence electrons. The molecular formula is C18H15FN2OS. The van der Waals surface area contributed by atoms with Gasteiger partial charge in [0, 0.05) is 5.56 Å². The van der Waals surface area contributed by atoms with Crippen molar-refractivity contribution in [1.29, 1.82) is 0 Å². The van der Waals surface area contributed by atoms with Crippen LogP contribution in [-0.4, -0.2) is 11.1 Å². The molecule has 3 nitrogen and oxygen atoms in total. The fourth-order valence-corrected chi connectivity index (χ4v) is 3.12. The molecule has 1 saturated heterocycles. The third-order valence-corrected chi connectivity index (χ3v) is 4.41. The minimum atomic E-state index is -0.353. The summed E-state index contributed by atoms with van der Waals surface area (Å²) in [4.78, 5) is 17.0. The smallest absolute Gasteiger partial charge is 0.264 e. The van der Waals surface area contributed by atoms with Gasteiger partial charge in [0.2, 0.25) is 0 Å². The van der Waals surface area contributed by atoms with Crippen molar-refractivity contribution in [3.8, 4) is 0 Å². The molecule has 0 spiro atoms. The highest BCUT2D eigenvalue weighted by molar-refractivity contribution is 8.18. The zero-order valence-electron chi connectivity index (χ0n) is 12.8. The average Bonchev–Trinajstić information content (AvgIpc) is 2.85. The molecule has 0 aliphatic carbocycles. The molecule has 1 fully saturated rings. The van der Waals surface area contributed by atoms with E-state index in [2.05, 4.69) is 10.3 Å². The Morgan fingerprint density at radius 1 is 1.09 bits per heavy atom. The lowest BCUT2D eigenvalue weighted by atomic mass is 10.1.